The molecule has 1 aliphatic rings. The zero-order valence-corrected chi connectivity index (χ0v) is 23.7. The van der Waals surface area contributed by atoms with E-state index in [0.717, 1.165) is 31.2 Å². The van der Waals surface area contributed by atoms with Crippen LogP contribution in [0.5, 0.6) is 0 Å². The topological polar surface area (TPSA) is 80.7 Å². The third-order valence-electron chi connectivity index (χ3n) is 6.99. The molecular weight excluding hydrogens is 464 g/mol. The third-order valence-corrected chi connectivity index (χ3v) is 6.99. The molecule has 204 valence electrons. The monoisotopic (exact) mass is 510 g/mol. The molecule has 0 aliphatic heterocycles. The fraction of sp³-hybridized carbons (Fsp3) is 0.548. The van der Waals surface area contributed by atoms with Crippen molar-refractivity contribution in [3.63, 3.8) is 0 Å². The number of esters is 1. The Labute approximate surface area is 223 Å². The van der Waals surface area contributed by atoms with Crippen LogP contribution in [0, 0.1) is 11.8 Å². The molecule has 2 N–H and O–H groups in total. The highest BCUT2D eigenvalue weighted by Crippen LogP contribution is 2.38. The van der Waals surface area contributed by atoms with Gasteiger partial charge in [-0.15, -0.1) is 0 Å². The van der Waals surface area contributed by atoms with Crippen LogP contribution >= 0.6 is 0 Å². The Balaban J connectivity index is 2.15. The first-order valence-corrected chi connectivity index (χ1v) is 13.3. The van der Waals surface area contributed by atoms with E-state index in [4.69, 9.17) is 9.47 Å². The van der Waals surface area contributed by atoms with Gasteiger partial charge in [0.05, 0.1) is 12.8 Å². The van der Waals surface area contributed by atoms with E-state index in [1.165, 1.54) is 23.6 Å². The van der Waals surface area contributed by atoms with Crippen molar-refractivity contribution in [3.05, 3.63) is 76.5 Å². The van der Waals surface area contributed by atoms with Crippen molar-refractivity contribution < 1.29 is 19.4 Å². The van der Waals surface area contributed by atoms with Gasteiger partial charge in [0.1, 0.15) is 18.0 Å². The van der Waals surface area contributed by atoms with E-state index in [2.05, 4.69) is 56.2 Å². The SMILES string of the molecule is COC1=C(NCc2ccncc2)[C@@H](OC(C)=O)[C@@H](C/C=C(\C)CC/C=C(\C)CCC=C(C)C)[C@H](C)C1O. The number of carbonyl (C=O) groups is 1. The predicted molar refractivity (Wildman–Crippen MR) is 149 cm³/mol. The first kappa shape index (κ1) is 30.4. The highest BCUT2D eigenvalue weighted by atomic mass is 16.5. The summed E-state index contributed by atoms with van der Waals surface area (Å²) >= 11 is 0. The number of nitrogens with one attached hydrogen (secondary N) is 1. The molecule has 1 unspecified atom stereocenters. The number of aliphatic hydroxyl groups is 1. The molecule has 0 saturated carbocycles. The van der Waals surface area contributed by atoms with Gasteiger partial charge in [-0.25, -0.2) is 0 Å². The van der Waals surface area contributed by atoms with E-state index >= 15 is 0 Å². The Bertz CT molecular complexity index is 990. The molecule has 1 aromatic rings. The molecule has 0 bridgehead atoms. The fourth-order valence-corrected chi connectivity index (χ4v) is 4.72. The average Bonchev–Trinajstić information content (AvgIpc) is 2.85. The Kier molecular flexibility index (Phi) is 12.6. The molecule has 0 radical (unpaired) electrons. The van der Waals surface area contributed by atoms with Gasteiger partial charge in [0.2, 0.25) is 0 Å². The number of rotatable bonds is 13. The molecule has 6 heteroatoms. The first-order chi connectivity index (χ1) is 17.6. The lowest BCUT2D eigenvalue weighted by molar-refractivity contribution is -0.150. The molecule has 1 aromatic heterocycles. The number of hydrogen-bond acceptors (Lipinski definition) is 6. The second-order valence-corrected chi connectivity index (χ2v) is 10.4. The van der Waals surface area contributed by atoms with Crippen molar-refractivity contribution in [2.75, 3.05) is 7.11 Å². The van der Waals surface area contributed by atoms with Crippen LogP contribution in [0.25, 0.3) is 0 Å². The lowest BCUT2D eigenvalue weighted by Gasteiger charge is -2.41. The van der Waals surface area contributed by atoms with Gasteiger partial charge in [-0.3, -0.25) is 9.78 Å². The Morgan fingerprint density at radius 3 is 2.24 bits per heavy atom. The van der Waals surface area contributed by atoms with Crippen LogP contribution in [0.15, 0.2) is 70.9 Å². The maximum atomic E-state index is 12.1. The number of aliphatic hydroxyl groups excluding tert-OH is 1. The number of hydrogen-bond donors (Lipinski definition) is 2. The average molecular weight is 511 g/mol. The van der Waals surface area contributed by atoms with E-state index < -0.39 is 12.2 Å². The normalized spacial score (nSPS) is 22.5. The van der Waals surface area contributed by atoms with Crippen LogP contribution in [0.1, 0.15) is 79.2 Å². The van der Waals surface area contributed by atoms with Gasteiger partial charge < -0.3 is 19.9 Å². The number of ether oxygens (including phenoxy) is 2. The van der Waals surface area contributed by atoms with E-state index in [-0.39, 0.29) is 17.8 Å². The largest absolute Gasteiger partial charge is 0.496 e. The van der Waals surface area contributed by atoms with E-state index in [1.807, 2.05) is 19.1 Å². The number of nitrogens with zero attached hydrogens (tertiary/aromatic N) is 1. The minimum atomic E-state index is -0.790. The second-order valence-electron chi connectivity index (χ2n) is 10.4. The van der Waals surface area contributed by atoms with Gasteiger partial charge in [-0.2, -0.15) is 0 Å². The molecular formula is C31H46N2O4. The van der Waals surface area contributed by atoms with Crippen molar-refractivity contribution >= 4 is 5.97 Å². The van der Waals surface area contributed by atoms with Crippen LogP contribution in [0.3, 0.4) is 0 Å². The minimum Gasteiger partial charge on any atom is -0.496 e. The quantitative estimate of drug-likeness (QED) is 0.236. The van der Waals surface area contributed by atoms with E-state index in [1.54, 1.807) is 19.5 Å². The molecule has 4 atom stereocenters. The van der Waals surface area contributed by atoms with Crippen molar-refractivity contribution in [1.29, 1.82) is 0 Å². The molecule has 0 fully saturated rings. The second kappa shape index (κ2) is 15.4. The summed E-state index contributed by atoms with van der Waals surface area (Å²) in [6, 6.07) is 3.84. The molecule has 37 heavy (non-hydrogen) atoms. The molecule has 0 saturated heterocycles. The summed E-state index contributed by atoms with van der Waals surface area (Å²) in [5, 5.41) is 14.5. The molecule has 6 nitrogen and oxygen atoms in total. The van der Waals surface area contributed by atoms with Crippen molar-refractivity contribution in [2.45, 2.75) is 92.4 Å². The number of methoxy groups -OCH3 is 1. The highest BCUT2D eigenvalue weighted by Gasteiger charge is 2.44. The van der Waals surface area contributed by atoms with Gasteiger partial charge in [0, 0.05) is 31.8 Å². The molecule has 1 aliphatic carbocycles. The summed E-state index contributed by atoms with van der Waals surface area (Å²) in [5.74, 6) is -0.161. The zero-order chi connectivity index (χ0) is 27.4. The van der Waals surface area contributed by atoms with Crippen LogP contribution in [0.2, 0.25) is 0 Å². The molecule has 2 rings (SSSR count). The Hall–Kier alpha value is -2.86. The van der Waals surface area contributed by atoms with Gasteiger partial charge in [-0.05, 0) is 83.4 Å². The van der Waals surface area contributed by atoms with E-state index in [9.17, 15) is 9.90 Å². The number of carbonyl (C=O) groups excluding carboxylic acids is 1. The van der Waals surface area contributed by atoms with Gasteiger partial charge in [0.15, 0.2) is 0 Å². The number of pyridine rings is 1. The minimum absolute atomic E-state index is 0.0889. The zero-order valence-electron chi connectivity index (χ0n) is 23.7. The van der Waals surface area contributed by atoms with Gasteiger partial charge >= 0.3 is 5.97 Å². The lowest BCUT2D eigenvalue weighted by atomic mass is 9.75. The molecule has 0 spiro atoms. The third kappa shape index (κ3) is 9.84. The van der Waals surface area contributed by atoms with Crippen LogP contribution in [0.4, 0.5) is 0 Å². The summed E-state index contributed by atoms with van der Waals surface area (Å²) in [7, 11) is 1.55. The predicted octanol–water partition coefficient (Wildman–Crippen LogP) is 6.40. The standard InChI is InChI=1S/C31H46N2O4/c1-21(2)10-8-11-22(3)12-9-13-23(4)14-15-27-24(5)29(35)31(36-7)28(30(27)37-25(6)34)33-20-26-16-18-32-19-17-26/h10,12,14,16-19,24,27,29-30,33,35H,8-9,11,13,15,20H2,1-7H3/b22-12+,23-14+/t24-,27-,29?,30-/m0/s1. The smallest absolute Gasteiger partial charge is 0.303 e. The Morgan fingerprint density at radius 2 is 1.65 bits per heavy atom. The first-order valence-electron chi connectivity index (χ1n) is 13.3. The van der Waals surface area contributed by atoms with Crippen LogP contribution in [-0.4, -0.2) is 35.4 Å². The maximum Gasteiger partial charge on any atom is 0.303 e. The number of allylic oxidation sites excluding steroid dienone is 6. The summed E-state index contributed by atoms with van der Waals surface area (Å²) < 4.78 is 11.5. The molecule has 0 aromatic carbocycles. The van der Waals surface area contributed by atoms with Crippen molar-refractivity contribution in [3.8, 4) is 0 Å². The summed E-state index contributed by atoms with van der Waals surface area (Å²) in [6.45, 7) is 12.5. The van der Waals surface area contributed by atoms with Crippen molar-refractivity contribution in [1.82, 2.24) is 10.3 Å². The lowest BCUT2D eigenvalue weighted by Crippen LogP contribution is -2.47. The van der Waals surface area contributed by atoms with E-state index in [0.29, 0.717) is 24.4 Å². The molecule has 1 heterocycles. The summed E-state index contributed by atoms with van der Waals surface area (Å²) in [6.07, 6.45) is 13.9. The van der Waals surface area contributed by atoms with Crippen LogP contribution < -0.4 is 5.32 Å². The highest BCUT2D eigenvalue weighted by molar-refractivity contribution is 5.66. The Morgan fingerprint density at radius 1 is 1.03 bits per heavy atom. The van der Waals surface area contributed by atoms with Gasteiger partial charge in [0.25, 0.3) is 0 Å². The summed E-state index contributed by atoms with van der Waals surface area (Å²) in [5.41, 5.74) is 5.75. The van der Waals surface area contributed by atoms with Crippen LogP contribution in [-0.2, 0) is 20.8 Å². The maximum absolute atomic E-state index is 12.1. The molecule has 0 amide bonds. The number of aromatic nitrogens is 1. The van der Waals surface area contributed by atoms with Crippen molar-refractivity contribution in [2.24, 2.45) is 11.8 Å². The fourth-order valence-electron chi connectivity index (χ4n) is 4.72. The summed E-state index contributed by atoms with van der Waals surface area (Å²) in [4.78, 5) is 16.2. The van der Waals surface area contributed by atoms with Gasteiger partial charge in [-0.1, -0.05) is 41.9 Å².